The minimum Gasteiger partial charge on any atom is -0.396 e. The van der Waals surface area contributed by atoms with Gasteiger partial charge in [0.25, 0.3) is 0 Å². The van der Waals surface area contributed by atoms with E-state index in [-0.39, 0.29) is 12.4 Å². The number of rotatable bonds is 8. The van der Waals surface area contributed by atoms with Gasteiger partial charge in [0.1, 0.15) is 0 Å². The number of thioether (sulfide) groups is 1. The summed E-state index contributed by atoms with van der Waals surface area (Å²) in [5.74, 6) is 1.01. The molecule has 104 valence electrons. The topological polar surface area (TPSA) is 40.5 Å². The number of hydrogen-bond donors (Lipinski definition) is 1. The zero-order valence-electron chi connectivity index (χ0n) is 11.5. The number of allylic oxidation sites excluding steroid dienone is 1. The van der Waals surface area contributed by atoms with Gasteiger partial charge in [0, 0.05) is 43.4 Å². The Balaban J connectivity index is 2.49. The summed E-state index contributed by atoms with van der Waals surface area (Å²) >= 11 is 1.75. The van der Waals surface area contributed by atoms with Crippen LogP contribution >= 0.6 is 11.8 Å². The number of unbranched alkanes of at least 4 members (excludes halogenated alkanes) is 1. The van der Waals surface area contributed by atoms with Gasteiger partial charge in [-0.2, -0.15) is 0 Å². The Kier molecular flexibility index (Phi) is 7.30. The fourth-order valence-corrected chi connectivity index (χ4v) is 2.35. The molecule has 0 saturated heterocycles. The van der Waals surface area contributed by atoms with Gasteiger partial charge in [-0.1, -0.05) is 0 Å². The third-order valence-corrected chi connectivity index (χ3v) is 3.58. The molecule has 0 unspecified atom stereocenters. The molecule has 0 amide bonds. The molecule has 0 aliphatic carbocycles. The van der Waals surface area contributed by atoms with Crippen molar-refractivity contribution < 1.29 is 9.90 Å². The molecule has 0 saturated carbocycles. The van der Waals surface area contributed by atoms with Crippen LogP contribution in [0.1, 0.15) is 23.2 Å². The maximum Gasteiger partial charge on any atom is 0.187 e. The van der Waals surface area contributed by atoms with E-state index in [2.05, 4.69) is 0 Å². The molecule has 0 fully saturated rings. The van der Waals surface area contributed by atoms with Gasteiger partial charge in [-0.25, -0.2) is 0 Å². The van der Waals surface area contributed by atoms with Crippen molar-refractivity contribution in [3.63, 3.8) is 0 Å². The van der Waals surface area contributed by atoms with Crippen LogP contribution in [-0.2, 0) is 0 Å². The number of aliphatic hydroxyl groups is 1. The summed E-state index contributed by atoms with van der Waals surface area (Å²) in [5.41, 5.74) is 0.706. The molecule has 0 spiro atoms. The first-order chi connectivity index (χ1) is 9.13. The normalized spacial score (nSPS) is 10.9. The van der Waals surface area contributed by atoms with Crippen molar-refractivity contribution >= 4 is 17.5 Å². The molecule has 0 heterocycles. The zero-order chi connectivity index (χ0) is 14.1. The van der Waals surface area contributed by atoms with Crippen molar-refractivity contribution in [1.29, 1.82) is 0 Å². The lowest BCUT2D eigenvalue weighted by molar-refractivity contribution is 0.104. The fraction of sp³-hybridized carbons (Fsp3) is 0.400. The minimum absolute atomic E-state index is 0.0190. The summed E-state index contributed by atoms with van der Waals surface area (Å²) in [6, 6.07) is 7.66. The molecule has 3 nitrogen and oxygen atoms in total. The highest BCUT2D eigenvalue weighted by molar-refractivity contribution is 7.99. The van der Waals surface area contributed by atoms with Crippen LogP contribution in [0.3, 0.4) is 0 Å². The summed E-state index contributed by atoms with van der Waals surface area (Å²) in [4.78, 5) is 14.8. The van der Waals surface area contributed by atoms with Crippen LogP contribution in [0.25, 0.3) is 0 Å². The van der Waals surface area contributed by atoms with E-state index >= 15 is 0 Å². The smallest absolute Gasteiger partial charge is 0.187 e. The fourth-order valence-electron chi connectivity index (χ4n) is 1.43. The van der Waals surface area contributed by atoms with E-state index in [1.54, 1.807) is 24.0 Å². The average Bonchev–Trinajstić information content (AvgIpc) is 2.41. The third kappa shape index (κ3) is 6.45. The maximum absolute atomic E-state index is 11.8. The van der Waals surface area contributed by atoms with Gasteiger partial charge < -0.3 is 10.0 Å². The summed E-state index contributed by atoms with van der Waals surface area (Å²) in [6.07, 6.45) is 5.18. The van der Waals surface area contributed by atoms with Crippen molar-refractivity contribution in [2.24, 2.45) is 0 Å². The van der Waals surface area contributed by atoms with Crippen LogP contribution in [0.4, 0.5) is 0 Å². The quantitative estimate of drug-likeness (QED) is 0.344. The molecule has 4 heteroatoms. The Morgan fingerprint density at radius 3 is 2.53 bits per heavy atom. The Morgan fingerprint density at radius 2 is 1.95 bits per heavy atom. The number of hydrogen-bond acceptors (Lipinski definition) is 4. The Morgan fingerprint density at radius 1 is 1.26 bits per heavy atom. The van der Waals surface area contributed by atoms with E-state index in [0.29, 0.717) is 5.56 Å². The van der Waals surface area contributed by atoms with E-state index in [1.165, 1.54) is 0 Å². The van der Waals surface area contributed by atoms with Gasteiger partial charge in [0.15, 0.2) is 5.78 Å². The van der Waals surface area contributed by atoms with Gasteiger partial charge in [-0.3, -0.25) is 4.79 Å². The van der Waals surface area contributed by atoms with Crippen molar-refractivity contribution in [3.05, 3.63) is 42.1 Å². The first-order valence-electron chi connectivity index (χ1n) is 6.36. The summed E-state index contributed by atoms with van der Waals surface area (Å²) < 4.78 is 0. The molecule has 0 aromatic heterocycles. The van der Waals surface area contributed by atoms with Gasteiger partial charge >= 0.3 is 0 Å². The van der Waals surface area contributed by atoms with Crippen molar-refractivity contribution in [2.45, 2.75) is 17.7 Å². The third-order valence-electron chi connectivity index (χ3n) is 2.48. The Bertz CT molecular complexity index is 413. The number of ketones is 1. The zero-order valence-corrected chi connectivity index (χ0v) is 12.3. The number of benzene rings is 1. The second-order valence-corrected chi connectivity index (χ2v) is 5.62. The molecule has 0 radical (unpaired) electrons. The molecule has 1 N–H and O–H groups in total. The molecule has 1 rings (SSSR count). The molecular formula is C15H21NO2S. The lowest BCUT2D eigenvalue weighted by atomic mass is 10.1. The van der Waals surface area contributed by atoms with Crippen molar-refractivity contribution in [1.82, 2.24) is 4.90 Å². The minimum atomic E-state index is 0.0190. The molecule has 19 heavy (non-hydrogen) atoms. The highest BCUT2D eigenvalue weighted by Crippen LogP contribution is 2.20. The van der Waals surface area contributed by atoms with Crippen molar-refractivity contribution in [3.8, 4) is 0 Å². The standard InChI is InChI=1S/C15H21NO2S/c1-16(2)10-9-15(18)13-5-7-14(8-6-13)19-12-4-3-11-17/h5-10,17H,3-4,11-12H2,1-2H3/b10-9+. The van der Waals surface area contributed by atoms with E-state index in [0.717, 1.165) is 23.5 Å². The number of nitrogens with zero attached hydrogens (tertiary/aromatic N) is 1. The monoisotopic (exact) mass is 279 g/mol. The summed E-state index contributed by atoms with van der Waals surface area (Å²) in [7, 11) is 3.77. The molecular weight excluding hydrogens is 258 g/mol. The predicted molar refractivity (Wildman–Crippen MR) is 80.6 cm³/mol. The number of carbonyl (C=O) groups excluding carboxylic acids is 1. The van der Waals surface area contributed by atoms with Crippen LogP contribution in [-0.4, -0.2) is 42.2 Å². The van der Waals surface area contributed by atoms with Gasteiger partial charge in [-0.15, -0.1) is 11.8 Å². The SMILES string of the molecule is CN(C)/C=C/C(=O)c1ccc(SCCCCO)cc1. The largest absolute Gasteiger partial charge is 0.396 e. The summed E-state index contributed by atoms with van der Waals surface area (Å²) in [5, 5.41) is 8.69. The first-order valence-corrected chi connectivity index (χ1v) is 7.34. The van der Waals surface area contributed by atoms with Gasteiger partial charge in [-0.05, 0) is 42.9 Å². The van der Waals surface area contributed by atoms with Crippen molar-refractivity contribution in [2.75, 3.05) is 26.5 Å². The van der Waals surface area contributed by atoms with Crippen LogP contribution in [0.2, 0.25) is 0 Å². The second kappa shape index (κ2) is 8.77. The van der Waals surface area contributed by atoms with Crippen LogP contribution in [0.5, 0.6) is 0 Å². The van der Waals surface area contributed by atoms with E-state index in [1.807, 2.05) is 43.3 Å². The lowest BCUT2D eigenvalue weighted by Gasteiger charge is -2.04. The molecule has 0 bridgehead atoms. The molecule has 0 aliphatic rings. The highest BCUT2D eigenvalue weighted by atomic mass is 32.2. The van der Waals surface area contributed by atoms with Crippen LogP contribution in [0, 0.1) is 0 Å². The van der Waals surface area contributed by atoms with E-state index in [4.69, 9.17) is 5.11 Å². The molecule has 1 aromatic rings. The Labute approximate surface area is 119 Å². The number of aliphatic hydroxyl groups excluding tert-OH is 1. The maximum atomic E-state index is 11.8. The molecule has 0 atom stereocenters. The second-order valence-electron chi connectivity index (χ2n) is 4.45. The van der Waals surface area contributed by atoms with Gasteiger partial charge in [0.2, 0.25) is 0 Å². The van der Waals surface area contributed by atoms with E-state index in [9.17, 15) is 4.79 Å². The average molecular weight is 279 g/mol. The lowest BCUT2D eigenvalue weighted by Crippen LogP contribution is -2.03. The predicted octanol–water partition coefficient (Wildman–Crippen LogP) is 2.81. The van der Waals surface area contributed by atoms with Gasteiger partial charge in [0.05, 0.1) is 0 Å². The van der Waals surface area contributed by atoms with E-state index < -0.39 is 0 Å². The Hall–Kier alpha value is -1.26. The summed E-state index contributed by atoms with van der Waals surface area (Å²) in [6.45, 7) is 0.256. The molecule has 1 aromatic carbocycles. The molecule has 0 aliphatic heterocycles. The van der Waals surface area contributed by atoms with Crippen LogP contribution in [0.15, 0.2) is 41.4 Å². The number of carbonyl (C=O) groups is 1. The highest BCUT2D eigenvalue weighted by Gasteiger charge is 2.02. The first kappa shape index (κ1) is 15.8. The van der Waals surface area contributed by atoms with Crippen LogP contribution < -0.4 is 0 Å².